The Balaban J connectivity index is 1.49. The molecule has 0 bridgehead atoms. The van der Waals surface area contributed by atoms with Gasteiger partial charge in [-0.15, -0.1) is 0 Å². The second-order valence-corrected chi connectivity index (χ2v) is 11.8. The summed E-state index contributed by atoms with van der Waals surface area (Å²) in [4.78, 5) is 13.2. The second-order valence-electron chi connectivity index (χ2n) is 10.1. The zero-order valence-electron chi connectivity index (χ0n) is 19.7. The van der Waals surface area contributed by atoms with E-state index in [-0.39, 0.29) is 10.6 Å². The summed E-state index contributed by atoms with van der Waals surface area (Å²) in [6.45, 7) is 6.77. The summed E-state index contributed by atoms with van der Waals surface area (Å²) in [5.41, 5.74) is 10.8. The minimum Gasteiger partial charge on any atom is -0.399 e. The maximum atomic E-state index is 13.3. The number of fused-ring (bicyclic) bond motifs is 1. The Kier molecular flexibility index (Phi) is 5.31. The van der Waals surface area contributed by atoms with E-state index in [1.807, 2.05) is 32.0 Å². The molecule has 0 radical (unpaired) electrons. The molecule has 1 aromatic heterocycles. The van der Waals surface area contributed by atoms with Crippen molar-refractivity contribution in [2.75, 3.05) is 5.73 Å². The number of nitrogens with one attached hydrogen (secondary N) is 1. The Morgan fingerprint density at radius 2 is 1.88 bits per heavy atom. The molecule has 0 spiro atoms. The number of sulfonamides is 1. The first-order valence-corrected chi connectivity index (χ1v) is 13.1. The van der Waals surface area contributed by atoms with Gasteiger partial charge < -0.3 is 5.73 Å². The SMILES string of the molecule is Cc1cccc(C)c1Cn1nc(C2CC3(C)CCC23)cc1C(=O)NS(=O)(=O)c1cccc(N)c1. The number of anilines is 1. The van der Waals surface area contributed by atoms with Gasteiger partial charge in [-0.3, -0.25) is 9.48 Å². The molecular weight excluding hydrogens is 448 g/mol. The van der Waals surface area contributed by atoms with E-state index in [0.29, 0.717) is 29.5 Å². The van der Waals surface area contributed by atoms with E-state index in [9.17, 15) is 13.2 Å². The molecule has 2 saturated carbocycles. The third-order valence-corrected chi connectivity index (χ3v) is 9.18. The van der Waals surface area contributed by atoms with Crippen LogP contribution in [0.1, 0.15) is 65.0 Å². The minimum absolute atomic E-state index is 0.0499. The summed E-state index contributed by atoms with van der Waals surface area (Å²) >= 11 is 0. The zero-order chi connectivity index (χ0) is 24.3. The van der Waals surface area contributed by atoms with Crippen LogP contribution in [0.4, 0.5) is 5.69 Å². The molecule has 34 heavy (non-hydrogen) atoms. The molecule has 0 saturated heterocycles. The average molecular weight is 479 g/mol. The lowest BCUT2D eigenvalue weighted by Gasteiger charge is -2.61. The Morgan fingerprint density at radius 3 is 2.47 bits per heavy atom. The van der Waals surface area contributed by atoms with Crippen molar-refractivity contribution in [1.82, 2.24) is 14.5 Å². The molecule has 3 aromatic rings. The number of aromatic nitrogens is 2. The molecule has 0 aliphatic heterocycles. The normalized spacial score (nSPS) is 23.5. The Bertz CT molecular complexity index is 1370. The van der Waals surface area contributed by atoms with Crippen LogP contribution in [-0.4, -0.2) is 24.1 Å². The average Bonchev–Trinajstić information content (AvgIpc) is 3.19. The Labute approximate surface area is 200 Å². The number of carbonyl (C=O) groups is 1. The first-order valence-electron chi connectivity index (χ1n) is 11.6. The maximum Gasteiger partial charge on any atom is 0.283 e. The summed E-state index contributed by atoms with van der Waals surface area (Å²) in [6.07, 6.45) is 3.47. The number of rotatable bonds is 6. The van der Waals surface area contributed by atoms with Crippen LogP contribution in [0, 0.1) is 25.2 Å². The topological polar surface area (TPSA) is 107 Å². The quantitative estimate of drug-likeness (QED) is 0.518. The summed E-state index contributed by atoms with van der Waals surface area (Å²) in [6, 6.07) is 13.7. The number of nitrogens with two attached hydrogens (primary N) is 1. The fraction of sp³-hybridized carbons (Fsp3) is 0.385. The molecule has 2 fully saturated rings. The molecule has 2 aliphatic carbocycles. The number of amides is 1. The van der Waals surface area contributed by atoms with Gasteiger partial charge in [-0.1, -0.05) is 31.2 Å². The second kappa shape index (κ2) is 7.98. The van der Waals surface area contributed by atoms with Crippen LogP contribution in [0.15, 0.2) is 53.4 Å². The van der Waals surface area contributed by atoms with Gasteiger partial charge in [0.25, 0.3) is 15.9 Å². The van der Waals surface area contributed by atoms with Crippen LogP contribution in [-0.2, 0) is 16.6 Å². The van der Waals surface area contributed by atoms with Gasteiger partial charge in [-0.2, -0.15) is 5.10 Å². The molecule has 8 heteroatoms. The Hall–Kier alpha value is -3.13. The standard InChI is InChI=1S/C26H30N4O3S/c1-16-6-4-7-17(2)21(16)15-30-24(13-23(28-30)20-14-26(3)11-10-22(20)26)25(31)29-34(32,33)19-9-5-8-18(27)12-19/h4-9,12-13,20,22H,10-11,14-15,27H2,1-3H3,(H,29,31). The van der Waals surface area contributed by atoms with Gasteiger partial charge in [-0.25, -0.2) is 13.1 Å². The van der Waals surface area contributed by atoms with Gasteiger partial charge in [0.2, 0.25) is 0 Å². The fourth-order valence-corrected chi connectivity index (χ4v) is 6.64. The van der Waals surface area contributed by atoms with Crippen molar-refractivity contribution in [3.63, 3.8) is 0 Å². The van der Waals surface area contributed by atoms with Crippen molar-refractivity contribution in [2.45, 2.75) is 57.4 Å². The number of aryl methyl sites for hydroxylation is 2. The van der Waals surface area contributed by atoms with Crippen LogP contribution in [0.5, 0.6) is 0 Å². The van der Waals surface area contributed by atoms with Crippen molar-refractivity contribution >= 4 is 21.6 Å². The molecule has 1 heterocycles. The third kappa shape index (κ3) is 3.79. The molecule has 5 rings (SSSR count). The first kappa shape index (κ1) is 22.7. The molecule has 3 atom stereocenters. The maximum absolute atomic E-state index is 13.3. The van der Waals surface area contributed by atoms with Crippen LogP contribution in [0.2, 0.25) is 0 Å². The van der Waals surface area contributed by atoms with Gasteiger partial charge in [0.05, 0.1) is 17.1 Å². The predicted octanol–water partition coefficient (Wildman–Crippen LogP) is 4.15. The van der Waals surface area contributed by atoms with Gasteiger partial charge in [-0.05, 0) is 85.4 Å². The van der Waals surface area contributed by atoms with Crippen LogP contribution < -0.4 is 10.5 Å². The van der Waals surface area contributed by atoms with E-state index >= 15 is 0 Å². The van der Waals surface area contributed by atoms with E-state index in [1.54, 1.807) is 22.9 Å². The monoisotopic (exact) mass is 478 g/mol. The van der Waals surface area contributed by atoms with E-state index in [2.05, 4.69) is 11.6 Å². The zero-order valence-corrected chi connectivity index (χ0v) is 20.5. The van der Waals surface area contributed by atoms with Gasteiger partial charge in [0.1, 0.15) is 5.69 Å². The number of hydrogen-bond donors (Lipinski definition) is 2. The van der Waals surface area contributed by atoms with Crippen LogP contribution in [0.25, 0.3) is 0 Å². The molecule has 2 aliphatic rings. The highest BCUT2D eigenvalue weighted by atomic mass is 32.2. The van der Waals surface area contributed by atoms with Gasteiger partial charge in [0, 0.05) is 11.6 Å². The van der Waals surface area contributed by atoms with Gasteiger partial charge >= 0.3 is 0 Å². The van der Waals surface area contributed by atoms with Crippen molar-refractivity contribution < 1.29 is 13.2 Å². The molecule has 3 N–H and O–H groups in total. The molecule has 3 unspecified atom stereocenters. The summed E-state index contributed by atoms with van der Waals surface area (Å²) in [5.74, 6) is 0.209. The number of nitrogen functional groups attached to an aromatic ring is 1. The van der Waals surface area contributed by atoms with E-state index in [1.165, 1.54) is 25.0 Å². The number of nitrogens with zero attached hydrogens (tertiary/aromatic N) is 2. The molecule has 7 nitrogen and oxygen atoms in total. The van der Waals surface area contributed by atoms with Crippen LogP contribution in [0.3, 0.4) is 0 Å². The lowest BCUT2D eigenvalue weighted by molar-refractivity contribution is -0.0836. The third-order valence-electron chi connectivity index (χ3n) is 7.85. The summed E-state index contributed by atoms with van der Waals surface area (Å²) in [7, 11) is -4.08. The largest absolute Gasteiger partial charge is 0.399 e. The molecule has 2 aromatic carbocycles. The van der Waals surface area contributed by atoms with Gasteiger partial charge in [0.15, 0.2) is 0 Å². The van der Waals surface area contributed by atoms with Crippen molar-refractivity contribution in [3.8, 4) is 0 Å². The first-order chi connectivity index (χ1) is 16.1. The van der Waals surface area contributed by atoms with Crippen molar-refractivity contribution in [1.29, 1.82) is 0 Å². The minimum atomic E-state index is -4.08. The summed E-state index contributed by atoms with van der Waals surface area (Å²) < 4.78 is 29.6. The highest BCUT2D eigenvalue weighted by Gasteiger charge is 2.57. The predicted molar refractivity (Wildman–Crippen MR) is 131 cm³/mol. The van der Waals surface area contributed by atoms with E-state index in [0.717, 1.165) is 28.8 Å². The number of hydrogen-bond acceptors (Lipinski definition) is 5. The van der Waals surface area contributed by atoms with Crippen molar-refractivity contribution in [3.05, 3.63) is 76.6 Å². The number of benzene rings is 2. The lowest BCUT2D eigenvalue weighted by Crippen LogP contribution is -2.52. The molecular formula is C26H30N4O3S. The van der Waals surface area contributed by atoms with E-state index in [4.69, 9.17) is 10.8 Å². The Morgan fingerprint density at radius 1 is 1.18 bits per heavy atom. The fourth-order valence-electron chi connectivity index (χ4n) is 5.62. The van der Waals surface area contributed by atoms with Crippen molar-refractivity contribution in [2.24, 2.45) is 11.3 Å². The number of carbonyl (C=O) groups excluding carboxylic acids is 1. The summed E-state index contributed by atoms with van der Waals surface area (Å²) in [5, 5.41) is 4.84. The lowest BCUT2D eigenvalue weighted by atomic mass is 9.43. The highest BCUT2D eigenvalue weighted by molar-refractivity contribution is 7.90. The smallest absolute Gasteiger partial charge is 0.283 e. The molecule has 178 valence electrons. The molecule has 1 amide bonds. The van der Waals surface area contributed by atoms with Crippen LogP contribution >= 0.6 is 0 Å². The highest BCUT2D eigenvalue weighted by Crippen LogP contribution is 2.67. The van der Waals surface area contributed by atoms with E-state index < -0.39 is 15.9 Å².